The number of halogens is 2. The maximum absolute atomic E-state index is 10.8. The van der Waals surface area contributed by atoms with Gasteiger partial charge >= 0.3 is 20.1 Å². The van der Waals surface area contributed by atoms with Crippen molar-refractivity contribution in [3.05, 3.63) is 0 Å². The van der Waals surface area contributed by atoms with Gasteiger partial charge in [0.2, 0.25) is 0 Å². The standard InChI is InChI=1S/C12H21Br2NO8P/c13-9-11(16)20-5-1-18-3-7-22-24(15)23-8-4-19-2-6-21-12(17)10-14/h15H,1-10H2/q+1. The van der Waals surface area contributed by atoms with Crippen LogP contribution >= 0.6 is 40.0 Å². The van der Waals surface area contributed by atoms with Crippen molar-refractivity contribution in [3.63, 3.8) is 0 Å². The molecule has 1 N–H and O–H groups in total. The van der Waals surface area contributed by atoms with Crippen LogP contribution in [0.15, 0.2) is 0 Å². The van der Waals surface area contributed by atoms with Crippen LogP contribution in [0.1, 0.15) is 0 Å². The molecule has 0 radical (unpaired) electrons. The van der Waals surface area contributed by atoms with Crippen LogP contribution in [-0.2, 0) is 37.6 Å². The van der Waals surface area contributed by atoms with Gasteiger partial charge in [-0.15, -0.1) is 9.05 Å². The second kappa shape index (κ2) is 17.7. The molecule has 0 heterocycles. The fraction of sp³-hybridized carbons (Fsp3) is 0.833. The molecule has 24 heavy (non-hydrogen) atoms. The van der Waals surface area contributed by atoms with Gasteiger partial charge in [0.25, 0.3) is 0 Å². The molecule has 0 aromatic heterocycles. The molecule has 0 fully saturated rings. The number of carbonyl (C=O) groups excluding carboxylic acids is 2. The molecular weight excluding hydrogens is 477 g/mol. The van der Waals surface area contributed by atoms with Crippen molar-refractivity contribution < 1.29 is 37.6 Å². The number of hydrogen-bond acceptors (Lipinski definition) is 9. The summed E-state index contributed by atoms with van der Waals surface area (Å²) in [5.74, 6) is -0.692. The van der Waals surface area contributed by atoms with Gasteiger partial charge in [-0.2, -0.15) is 0 Å². The van der Waals surface area contributed by atoms with Gasteiger partial charge < -0.3 is 18.9 Å². The second-order valence-corrected chi connectivity index (χ2v) is 6.01. The zero-order chi connectivity index (χ0) is 18.0. The number of carbonyl (C=O) groups is 2. The molecule has 9 nitrogen and oxygen atoms in total. The zero-order valence-corrected chi connectivity index (χ0v) is 17.1. The average molecular weight is 498 g/mol. The molecule has 0 unspecified atom stereocenters. The summed E-state index contributed by atoms with van der Waals surface area (Å²) in [6.45, 7) is 1.89. The van der Waals surface area contributed by atoms with E-state index in [9.17, 15) is 9.59 Å². The Kier molecular flexibility index (Phi) is 17.5. The molecule has 0 rings (SSSR count). The lowest BCUT2D eigenvalue weighted by molar-refractivity contribution is -0.142. The Bertz CT molecular complexity index is 343. The van der Waals surface area contributed by atoms with Crippen molar-refractivity contribution in [1.82, 2.24) is 0 Å². The third-order valence-electron chi connectivity index (χ3n) is 2.07. The quantitative estimate of drug-likeness (QED) is 0.149. The highest BCUT2D eigenvalue weighted by atomic mass is 79.9. The highest BCUT2D eigenvalue weighted by Gasteiger charge is 2.13. The molecule has 0 aliphatic heterocycles. The van der Waals surface area contributed by atoms with Gasteiger partial charge in [-0.3, -0.25) is 9.59 Å². The van der Waals surface area contributed by atoms with E-state index in [1.165, 1.54) is 0 Å². The van der Waals surface area contributed by atoms with Crippen LogP contribution in [-0.4, -0.2) is 75.5 Å². The molecule has 0 saturated heterocycles. The maximum atomic E-state index is 10.8. The molecule has 0 amide bonds. The minimum absolute atomic E-state index is 0.155. The molecule has 0 atom stereocenters. The van der Waals surface area contributed by atoms with E-state index in [1.807, 2.05) is 0 Å². The van der Waals surface area contributed by atoms with E-state index in [2.05, 4.69) is 31.9 Å². The first-order chi connectivity index (χ1) is 11.6. The Labute approximate surface area is 158 Å². The molecule has 140 valence electrons. The van der Waals surface area contributed by atoms with Gasteiger partial charge in [-0.05, 0) is 0 Å². The Hall–Kier alpha value is -0.160. The van der Waals surface area contributed by atoms with Crippen LogP contribution in [0, 0.1) is 5.16 Å². The summed E-state index contributed by atoms with van der Waals surface area (Å²) >= 11 is 5.95. The van der Waals surface area contributed by atoms with E-state index in [0.29, 0.717) is 0 Å². The molecule has 0 bridgehead atoms. The van der Waals surface area contributed by atoms with Gasteiger partial charge in [-0.1, -0.05) is 37.0 Å². The summed E-state index contributed by atoms with van der Waals surface area (Å²) < 4.78 is 30.1. The topological polar surface area (TPSA) is 113 Å². The van der Waals surface area contributed by atoms with Crippen LogP contribution in [0.25, 0.3) is 0 Å². The van der Waals surface area contributed by atoms with Gasteiger partial charge in [0.05, 0.1) is 26.4 Å². The van der Waals surface area contributed by atoms with Gasteiger partial charge in [0.1, 0.15) is 37.1 Å². The third-order valence-corrected chi connectivity index (χ3v) is 3.82. The van der Waals surface area contributed by atoms with Crippen molar-refractivity contribution in [2.75, 3.05) is 63.5 Å². The number of hydrogen-bond donors (Lipinski definition) is 1. The van der Waals surface area contributed by atoms with E-state index < -0.39 is 8.17 Å². The van der Waals surface area contributed by atoms with E-state index in [4.69, 9.17) is 33.2 Å². The lowest BCUT2D eigenvalue weighted by Crippen LogP contribution is -2.13. The number of rotatable bonds is 16. The summed E-state index contributed by atoms with van der Waals surface area (Å²) in [5.41, 5.74) is 0. The van der Waals surface area contributed by atoms with Crippen LogP contribution < -0.4 is 0 Å². The molecule has 12 heteroatoms. The minimum atomic E-state index is -1.75. The Morgan fingerprint density at radius 1 is 0.708 bits per heavy atom. The Morgan fingerprint density at radius 3 is 1.46 bits per heavy atom. The zero-order valence-electron chi connectivity index (χ0n) is 13.0. The summed E-state index contributed by atoms with van der Waals surface area (Å²) in [7, 11) is -1.75. The average Bonchev–Trinajstić information content (AvgIpc) is 2.59. The first-order valence-corrected chi connectivity index (χ1v) is 10.4. The van der Waals surface area contributed by atoms with E-state index >= 15 is 0 Å². The summed E-state index contributed by atoms with van der Waals surface area (Å²) in [5, 5.41) is 7.84. The first kappa shape index (κ1) is 23.8. The second-order valence-electron chi connectivity index (χ2n) is 3.86. The van der Waals surface area contributed by atoms with Crippen molar-refractivity contribution in [3.8, 4) is 0 Å². The van der Waals surface area contributed by atoms with Crippen LogP contribution in [0.4, 0.5) is 0 Å². The summed E-state index contributed by atoms with van der Waals surface area (Å²) in [6.07, 6.45) is 0. The van der Waals surface area contributed by atoms with Crippen molar-refractivity contribution in [2.24, 2.45) is 0 Å². The fourth-order valence-corrected chi connectivity index (χ4v) is 1.98. The Balaban J connectivity index is 3.27. The molecule has 0 aromatic rings. The number of esters is 2. The minimum Gasteiger partial charge on any atom is -0.463 e. The van der Waals surface area contributed by atoms with Gasteiger partial charge in [-0.25, -0.2) is 0 Å². The SMILES string of the molecule is N=[P+](OCCOCCOC(=O)CBr)OCCOCCOC(=O)CBr. The highest BCUT2D eigenvalue weighted by molar-refractivity contribution is 9.09. The lowest BCUT2D eigenvalue weighted by atomic mass is 10.7. The molecule has 0 saturated carbocycles. The molecule has 0 spiro atoms. The Morgan fingerprint density at radius 2 is 1.08 bits per heavy atom. The number of nitrogens with one attached hydrogen (secondary N) is 1. The smallest absolute Gasteiger partial charge is 0.463 e. The van der Waals surface area contributed by atoms with Crippen LogP contribution in [0.2, 0.25) is 0 Å². The summed E-state index contributed by atoms with van der Waals surface area (Å²) in [6, 6.07) is 0. The van der Waals surface area contributed by atoms with Crippen molar-refractivity contribution in [2.45, 2.75) is 0 Å². The third kappa shape index (κ3) is 16.7. The normalized spacial score (nSPS) is 10.4. The molecular formula is C12H21Br2NO8P+. The highest BCUT2D eigenvalue weighted by Crippen LogP contribution is 2.23. The van der Waals surface area contributed by atoms with E-state index in [-0.39, 0.29) is 75.5 Å². The predicted molar refractivity (Wildman–Crippen MR) is 92.7 cm³/mol. The van der Waals surface area contributed by atoms with Gasteiger partial charge in [0, 0.05) is 0 Å². The number of ether oxygens (including phenoxy) is 4. The largest absolute Gasteiger partial charge is 0.556 e. The van der Waals surface area contributed by atoms with E-state index in [1.54, 1.807) is 0 Å². The molecule has 0 aliphatic rings. The fourth-order valence-electron chi connectivity index (χ4n) is 1.11. The molecule has 0 aliphatic carbocycles. The summed E-state index contributed by atoms with van der Waals surface area (Å²) in [4.78, 5) is 21.6. The lowest BCUT2D eigenvalue weighted by Gasteiger charge is -2.03. The predicted octanol–water partition coefficient (Wildman–Crippen LogP) is 2.00. The van der Waals surface area contributed by atoms with Crippen LogP contribution in [0.5, 0.6) is 0 Å². The van der Waals surface area contributed by atoms with Gasteiger partial charge in [0.15, 0.2) is 0 Å². The number of alkyl halides is 2. The van der Waals surface area contributed by atoms with E-state index in [0.717, 1.165) is 0 Å². The first-order valence-electron chi connectivity index (χ1n) is 6.96. The van der Waals surface area contributed by atoms with Crippen LogP contribution in [0.3, 0.4) is 0 Å². The van der Waals surface area contributed by atoms with Crippen molar-refractivity contribution >= 4 is 52.0 Å². The monoisotopic (exact) mass is 496 g/mol. The maximum Gasteiger partial charge on any atom is 0.556 e. The van der Waals surface area contributed by atoms with Crippen molar-refractivity contribution in [1.29, 1.82) is 5.16 Å². The molecule has 0 aromatic carbocycles.